The van der Waals surface area contributed by atoms with Crippen LogP contribution in [0.5, 0.6) is 0 Å². The molecular weight excluding hydrogens is 374 g/mol. The maximum atomic E-state index is 4.52. The number of likely N-dealkylation sites (tertiary alicyclic amines) is 1. The average molecular weight is 408 g/mol. The number of nitrogens with one attached hydrogen (secondary N) is 1. The Balaban J connectivity index is 1.15. The minimum Gasteiger partial charge on any atom is -0.356 e. The molecule has 2 saturated heterocycles. The van der Waals surface area contributed by atoms with E-state index in [1.807, 2.05) is 25.5 Å². The van der Waals surface area contributed by atoms with Gasteiger partial charge < -0.3 is 15.1 Å². The first-order valence-corrected chi connectivity index (χ1v) is 11.1. The molecule has 0 saturated carbocycles. The van der Waals surface area contributed by atoms with Gasteiger partial charge in [0.15, 0.2) is 5.96 Å². The molecule has 160 valence electrons. The van der Waals surface area contributed by atoms with Crippen molar-refractivity contribution in [2.24, 2.45) is 4.99 Å². The van der Waals surface area contributed by atoms with E-state index in [1.165, 1.54) is 12.0 Å². The van der Waals surface area contributed by atoms with E-state index in [0.29, 0.717) is 5.92 Å². The predicted octanol–water partition coefficient (Wildman–Crippen LogP) is 2.05. The molecule has 2 aliphatic heterocycles. The summed E-state index contributed by atoms with van der Waals surface area (Å²) in [6.07, 6.45) is 5.95. The maximum Gasteiger partial charge on any atom is 0.225 e. The molecule has 1 unspecified atom stereocenters. The fraction of sp³-hybridized carbons (Fsp3) is 0.522. The van der Waals surface area contributed by atoms with Gasteiger partial charge in [-0.3, -0.25) is 9.89 Å². The molecule has 1 N–H and O–H groups in total. The van der Waals surface area contributed by atoms with Crippen LogP contribution in [0.2, 0.25) is 0 Å². The smallest absolute Gasteiger partial charge is 0.225 e. The number of nitrogens with zero attached hydrogens (tertiary/aromatic N) is 6. The van der Waals surface area contributed by atoms with Gasteiger partial charge in [-0.05, 0) is 31.0 Å². The Morgan fingerprint density at radius 1 is 1.03 bits per heavy atom. The van der Waals surface area contributed by atoms with Crippen molar-refractivity contribution in [3.8, 4) is 0 Å². The molecule has 0 bridgehead atoms. The number of aliphatic imine (C=N–C) groups is 1. The van der Waals surface area contributed by atoms with Crippen molar-refractivity contribution in [3.05, 3.63) is 54.4 Å². The highest BCUT2D eigenvalue weighted by Gasteiger charge is 2.25. The van der Waals surface area contributed by atoms with Gasteiger partial charge in [-0.15, -0.1) is 0 Å². The van der Waals surface area contributed by atoms with Crippen LogP contribution in [-0.4, -0.2) is 85.1 Å². The highest BCUT2D eigenvalue weighted by atomic mass is 15.3. The van der Waals surface area contributed by atoms with Crippen LogP contribution >= 0.6 is 0 Å². The number of benzene rings is 1. The predicted molar refractivity (Wildman–Crippen MR) is 122 cm³/mol. The third-order valence-corrected chi connectivity index (χ3v) is 6.11. The molecule has 4 rings (SSSR count). The van der Waals surface area contributed by atoms with E-state index in [4.69, 9.17) is 0 Å². The topological polar surface area (TPSA) is 59.9 Å². The second-order valence-electron chi connectivity index (χ2n) is 8.05. The van der Waals surface area contributed by atoms with Gasteiger partial charge in [0.25, 0.3) is 0 Å². The quantitative estimate of drug-likeness (QED) is 0.449. The van der Waals surface area contributed by atoms with Crippen LogP contribution < -0.4 is 10.2 Å². The largest absolute Gasteiger partial charge is 0.356 e. The zero-order chi connectivity index (χ0) is 20.6. The molecular formula is C23H33N7. The van der Waals surface area contributed by atoms with Crippen molar-refractivity contribution >= 4 is 11.9 Å². The van der Waals surface area contributed by atoms with E-state index in [0.717, 1.165) is 70.7 Å². The minimum atomic E-state index is 0.606. The molecule has 0 aliphatic carbocycles. The van der Waals surface area contributed by atoms with Gasteiger partial charge in [-0.1, -0.05) is 30.3 Å². The summed E-state index contributed by atoms with van der Waals surface area (Å²) >= 11 is 0. The molecule has 30 heavy (non-hydrogen) atoms. The summed E-state index contributed by atoms with van der Waals surface area (Å²) in [5.41, 5.74) is 1.44. The Labute approximate surface area is 179 Å². The number of hydrogen-bond donors (Lipinski definition) is 1. The Kier molecular flexibility index (Phi) is 7.13. The van der Waals surface area contributed by atoms with Crippen LogP contribution in [0.4, 0.5) is 5.95 Å². The molecule has 1 aromatic carbocycles. The van der Waals surface area contributed by atoms with Crippen molar-refractivity contribution in [3.63, 3.8) is 0 Å². The third-order valence-electron chi connectivity index (χ3n) is 6.11. The lowest BCUT2D eigenvalue weighted by molar-refractivity contribution is 0.254. The van der Waals surface area contributed by atoms with Gasteiger partial charge in [0.2, 0.25) is 5.95 Å². The molecule has 0 spiro atoms. The van der Waals surface area contributed by atoms with Crippen LogP contribution in [0.3, 0.4) is 0 Å². The van der Waals surface area contributed by atoms with Crippen molar-refractivity contribution in [2.45, 2.75) is 18.8 Å². The van der Waals surface area contributed by atoms with Gasteiger partial charge in [-0.25, -0.2) is 9.97 Å². The zero-order valence-corrected chi connectivity index (χ0v) is 18.0. The van der Waals surface area contributed by atoms with Crippen LogP contribution in [0.1, 0.15) is 24.3 Å². The summed E-state index contributed by atoms with van der Waals surface area (Å²) in [7, 11) is 1.89. The summed E-state index contributed by atoms with van der Waals surface area (Å²) < 4.78 is 0. The Morgan fingerprint density at radius 3 is 2.53 bits per heavy atom. The van der Waals surface area contributed by atoms with Crippen LogP contribution in [-0.2, 0) is 0 Å². The third kappa shape index (κ3) is 5.27. The van der Waals surface area contributed by atoms with Crippen molar-refractivity contribution in [1.29, 1.82) is 0 Å². The monoisotopic (exact) mass is 407 g/mol. The number of guanidine groups is 1. The van der Waals surface area contributed by atoms with E-state index < -0.39 is 0 Å². The molecule has 1 atom stereocenters. The van der Waals surface area contributed by atoms with Crippen LogP contribution in [0.15, 0.2) is 53.8 Å². The molecule has 2 fully saturated rings. The second kappa shape index (κ2) is 10.4. The summed E-state index contributed by atoms with van der Waals surface area (Å²) in [4.78, 5) is 20.5. The SMILES string of the molecule is CN=C(NCCCN1CCN(c2ncccn2)CC1)N1CCC(c2ccccc2)C1. The number of aromatic nitrogens is 2. The molecule has 2 aromatic rings. The first-order chi connectivity index (χ1) is 14.8. The fourth-order valence-corrected chi connectivity index (χ4v) is 4.41. The number of anilines is 1. The molecule has 3 heterocycles. The van der Waals surface area contributed by atoms with E-state index in [2.05, 4.69) is 65.3 Å². The Morgan fingerprint density at radius 2 is 1.80 bits per heavy atom. The first-order valence-electron chi connectivity index (χ1n) is 11.1. The van der Waals surface area contributed by atoms with E-state index in [9.17, 15) is 0 Å². The number of hydrogen-bond acceptors (Lipinski definition) is 5. The maximum absolute atomic E-state index is 4.52. The van der Waals surface area contributed by atoms with E-state index in [-0.39, 0.29) is 0 Å². The minimum absolute atomic E-state index is 0.606. The van der Waals surface area contributed by atoms with Gasteiger partial charge in [0.1, 0.15) is 0 Å². The highest BCUT2D eigenvalue weighted by molar-refractivity contribution is 5.80. The Bertz CT molecular complexity index is 788. The zero-order valence-electron chi connectivity index (χ0n) is 18.0. The molecule has 0 radical (unpaired) electrons. The lowest BCUT2D eigenvalue weighted by Gasteiger charge is -2.34. The first kappa shape index (κ1) is 20.6. The van der Waals surface area contributed by atoms with Gasteiger partial charge in [-0.2, -0.15) is 0 Å². The summed E-state index contributed by atoms with van der Waals surface area (Å²) in [5, 5.41) is 3.58. The lowest BCUT2D eigenvalue weighted by Crippen LogP contribution is -2.47. The molecule has 2 aliphatic rings. The molecule has 0 amide bonds. The molecule has 7 heteroatoms. The fourth-order valence-electron chi connectivity index (χ4n) is 4.41. The van der Waals surface area contributed by atoms with Gasteiger partial charge in [0, 0.05) is 71.2 Å². The number of piperazine rings is 1. The summed E-state index contributed by atoms with van der Waals surface area (Å²) in [6, 6.07) is 12.7. The van der Waals surface area contributed by atoms with Crippen LogP contribution in [0.25, 0.3) is 0 Å². The standard InChI is InChI=1S/C23H33N7/c1-24-22(30-14-9-21(19-30)20-7-3-2-4-8-20)25-12-6-13-28-15-17-29(18-16-28)23-26-10-5-11-27-23/h2-5,7-8,10-11,21H,6,9,12-19H2,1H3,(H,24,25). The average Bonchev–Trinajstić information content (AvgIpc) is 3.31. The summed E-state index contributed by atoms with van der Waals surface area (Å²) in [6.45, 7) is 8.31. The van der Waals surface area contributed by atoms with Crippen molar-refractivity contribution in [2.75, 3.05) is 64.3 Å². The van der Waals surface area contributed by atoms with Gasteiger partial charge in [0.05, 0.1) is 0 Å². The van der Waals surface area contributed by atoms with Crippen LogP contribution in [0, 0.1) is 0 Å². The van der Waals surface area contributed by atoms with Crippen molar-refractivity contribution in [1.82, 2.24) is 25.1 Å². The van der Waals surface area contributed by atoms with E-state index in [1.54, 1.807) is 0 Å². The van der Waals surface area contributed by atoms with E-state index >= 15 is 0 Å². The summed E-state index contributed by atoms with van der Waals surface area (Å²) in [5.74, 6) is 2.50. The number of rotatable bonds is 6. The van der Waals surface area contributed by atoms with Gasteiger partial charge >= 0.3 is 0 Å². The van der Waals surface area contributed by atoms with Crippen molar-refractivity contribution < 1.29 is 0 Å². The lowest BCUT2D eigenvalue weighted by atomic mass is 9.99. The molecule has 1 aromatic heterocycles. The Hall–Kier alpha value is -2.67. The highest BCUT2D eigenvalue weighted by Crippen LogP contribution is 2.26. The second-order valence-corrected chi connectivity index (χ2v) is 8.05. The normalized spacial score (nSPS) is 20.6. The molecule has 7 nitrogen and oxygen atoms in total.